The monoisotopic (exact) mass is 345 g/mol. The average Bonchev–Trinajstić information content (AvgIpc) is 2.52. The van der Waals surface area contributed by atoms with E-state index in [0.29, 0.717) is 6.41 Å². The second-order valence-corrected chi connectivity index (χ2v) is 6.77. The summed E-state index contributed by atoms with van der Waals surface area (Å²) in [7, 11) is 0. The van der Waals surface area contributed by atoms with Crippen molar-refractivity contribution >= 4 is 29.8 Å². The van der Waals surface area contributed by atoms with Crippen molar-refractivity contribution in [3.05, 3.63) is 42.0 Å². The van der Waals surface area contributed by atoms with Gasteiger partial charge in [-0.05, 0) is 47.9 Å². The van der Waals surface area contributed by atoms with Crippen LogP contribution >= 0.6 is 11.8 Å². The van der Waals surface area contributed by atoms with Gasteiger partial charge in [0.25, 0.3) is 0 Å². The molecule has 2 rings (SSSR count). The molecule has 2 aromatic rings. The van der Waals surface area contributed by atoms with Crippen LogP contribution in [0.1, 0.15) is 32.3 Å². The Morgan fingerprint density at radius 2 is 1.67 bits per heavy atom. The van der Waals surface area contributed by atoms with Crippen LogP contribution in [0.5, 0.6) is 11.5 Å². The zero-order valence-corrected chi connectivity index (χ0v) is 14.5. The number of aromatic hydroxyl groups is 2. The van der Waals surface area contributed by atoms with E-state index in [2.05, 4.69) is 0 Å². The van der Waals surface area contributed by atoms with Gasteiger partial charge in [0.05, 0.1) is 5.69 Å². The molecule has 2 N–H and O–H groups in total. The Morgan fingerprint density at radius 3 is 2.21 bits per heavy atom. The van der Waals surface area contributed by atoms with Gasteiger partial charge >= 0.3 is 0 Å². The number of imide groups is 1. The van der Waals surface area contributed by atoms with E-state index in [9.17, 15) is 19.8 Å². The summed E-state index contributed by atoms with van der Waals surface area (Å²) in [6.45, 7) is 5.25. The predicted molar refractivity (Wildman–Crippen MR) is 93.6 cm³/mol. The molecule has 0 unspecified atom stereocenters. The van der Waals surface area contributed by atoms with Crippen molar-refractivity contribution < 1.29 is 19.8 Å². The van der Waals surface area contributed by atoms with E-state index < -0.39 is 5.91 Å². The van der Waals surface area contributed by atoms with Crippen molar-refractivity contribution in [1.29, 1.82) is 0 Å². The molecule has 0 saturated heterocycles. The molecule has 2 aromatic carbocycles. The minimum absolute atomic E-state index is 0.143. The van der Waals surface area contributed by atoms with Crippen molar-refractivity contribution in [3.63, 3.8) is 0 Å². The molecule has 0 aromatic heterocycles. The SMILES string of the molecule is CC(=O)N(C=O)c1cc(Sc2ccc(O)c(C(C)C)c2)ccc1O. The van der Waals surface area contributed by atoms with Crippen molar-refractivity contribution in [2.75, 3.05) is 4.90 Å². The number of amides is 2. The molecule has 5 nitrogen and oxygen atoms in total. The quantitative estimate of drug-likeness (QED) is 0.804. The summed E-state index contributed by atoms with van der Waals surface area (Å²) in [5.41, 5.74) is 0.989. The van der Waals surface area contributed by atoms with Crippen LogP contribution in [-0.2, 0) is 9.59 Å². The van der Waals surface area contributed by atoms with E-state index in [-0.39, 0.29) is 23.1 Å². The molecule has 6 heteroatoms. The summed E-state index contributed by atoms with van der Waals surface area (Å²) in [4.78, 5) is 25.1. The molecule has 0 spiro atoms. The molecule has 24 heavy (non-hydrogen) atoms. The normalized spacial score (nSPS) is 10.7. The van der Waals surface area contributed by atoms with Crippen molar-refractivity contribution in [3.8, 4) is 11.5 Å². The van der Waals surface area contributed by atoms with Gasteiger partial charge in [0, 0.05) is 16.7 Å². The van der Waals surface area contributed by atoms with E-state index >= 15 is 0 Å². The minimum Gasteiger partial charge on any atom is -0.508 e. The number of carbonyl (C=O) groups is 2. The third-order valence-electron chi connectivity index (χ3n) is 3.51. The number of rotatable bonds is 5. The lowest BCUT2D eigenvalue weighted by atomic mass is 10.0. The van der Waals surface area contributed by atoms with E-state index in [4.69, 9.17) is 0 Å². The Balaban J connectivity index is 2.36. The van der Waals surface area contributed by atoms with Crippen LogP contribution < -0.4 is 4.90 Å². The topological polar surface area (TPSA) is 77.8 Å². The smallest absolute Gasteiger partial charge is 0.230 e. The van der Waals surface area contributed by atoms with Gasteiger partial charge in [0.2, 0.25) is 12.3 Å². The fraction of sp³-hybridized carbons (Fsp3) is 0.222. The molecular formula is C18H19NO4S. The predicted octanol–water partition coefficient (Wildman–Crippen LogP) is 3.88. The van der Waals surface area contributed by atoms with Gasteiger partial charge in [0.1, 0.15) is 11.5 Å². The van der Waals surface area contributed by atoms with E-state index in [1.165, 1.54) is 24.8 Å². The highest BCUT2D eigenvalue weighted by atomic mass is 32.2. The number of nitrogens with zero attached hydrogens (tertiary/aromatic N) is 1. The summed E-state index contributed by atoms with van der Waals surface area (Å²) in [5, 5.41) is 19.8. The number of hydrogen-bond acceptors (Lipinski definition) is 5. The van der Waals surface area contributed by atoms with Crippen LogP contribution in [0.25, 0.3) is 0 Å². The molecular weight excluding hydrogens is 326 g/mol. The molecule has 0 aliphatic carbocycles. The first-order valence-corrected chi connectivity index (χ1v) is 8.24. The molecule has 0 aliphatic rings. The molecule has 126 valence electrons. The standard InChI is InChI=1S/C18H19NO4S/c1-11(2)15-8-13(4-6-17(15)22)24-14-5-7-18(23)16(9-14)19(10-20)12(3)21/h4-11,22-23H,1-3H3. The average molecular weight is 345 g/mol. The van der Waals surface area contributed by atoms with Crippen molar-refractivity contribution in [2.45, 2.75) is 36.5 Å². The van der Waals surface area contributed by atoms with Crippen LogP contribution in [-0.4, -0.2) is 22.5 Å². The van der Waals surface area contributed by atoms with Gasteiger partial charge in [-0.15, -0.1) is 0 Å². The molecule has 0 bridgehead atoms. The maximum absolute atomic E-state index is 11.5. The summed E-state index contributed by atoms with van der Waals surface area (Å²) in [6.07, 6.45) is 0.378. The number of carbonyl (C=O) groups excluding carboxylic acids is 2. The molecule has 0 fully saturated rings. The van der Waals surface area contributed by atoms with Gasteiger partial charge in [-0.2, -0.15) is 0 Å². The number of anilines is 1. The largest absolute Gasteiger partial charge is 0.508 e. The summed E-state index contributed by atoms with van der Waals surface area (Å²) in [6, 6.07) is 10.1. The lowest BCUT2D eigenvalue weighted by Gasteiger charge is -2.16. The molecule has 0 atom stereocenters. The molecule has 0 heterocycles. The van der Waals surface area contributed by atoms with Crippen LogP contribution in [0.2, 0.25) is 0 Å². The Hall–Kier alpha value is -2.47. The van der Waals surface area contributed by atoms with Crippen molar-refractivity contribution in [2.24, 2.45) is 0 Å². The van der Waals surface area contributed by atoms with E-state index in [1.807, 2.05) is 19.9 Å². The Kier molecular flexibility index (Phi) is 5.51. The molecule has 0 saturated carbocycles. The second kappa shape index (κ2) is 7.40. The summed E-state index contributed by atoms with van der Waals surface area (Å²) < 4.78 is 0. The molecule has 2 amide bonds. The lowest BCUT2D eigenvalue weighted by Crippen LogP contribution is -2.26. The van der Waals surface area contributed by atoms with Crippen LogP contribution in [0, 0.1) is 0 Å². The highest BCUT2D eigenvalue weighted by Gasteiger charge is 2.16. The maximum Gasteiger partial charge on any atom is 0.230 e. The van der Waals surface area contributed by atoms with Crippen LogP contribution in [0.3, 0.4) is 0 Å². The highest BCUT2D eigenvalue weighted by Crippen LogP contribution is 2.37. The summed E-state index contributed by atoms with van der Waals surface area (Å²) >= 11 is 1.41. The van der Waals surface area contributed by atoms with Crippen LogP contribution in [0.4, 0.5) is 5.69 Å². The molecule has 0 aliphatic heterocycles. The number of phenols is 2. The first-order valence-electron chi connectivity index (χ1n) is 7.42. The number of hydrogen-bond donors (Lipinski definition) is 2. The fourth-order valence-corrected chi connectivity index (χ4v) is 3.16. The minimum atomic E-state index is -0.478. The third-order valence-corrected chi connectivity index (χ3v) is 4.49. The Labute approximate surface area is 144 Å². The zero-order valence-electron chi connectivity index (χ0n) is 13.7. The van der Waals surface area contributed by atoms with E-state index in [0.717, 1.165) is 20.3 Å². The highest BCUT2D eigenvalue weighted by molar-refractivity contribution is 7.99. The Morgan fingerprint density at radius 1 is 1.08 bits per heavy atom. The Bertz CT molecular complexity index is 774. The van der Waals surface area contributed by atoms with Gasteiger partial charge in [0.15, 0.2) is 0 Å². The third kappa shape index (κ3) is 3.89. The van der Waals surface area contributed by atoms with Gasteiger partial charge in [-0.25, -0.2) is 4.90 Å². The summed E-state index contributed by atoms with van der Waals surface area (Å²) in [5.74, 6) is -0.182. The fourth-order valence-electron chi connectivity index (χ4n) is 2.25. The number of benzene rings is 2. The second-order valence-electron chi connectivity index (χ2n) is 5.62. The number of phenolic OH excluding ortho intramolecular Hbond substituents is 2. The maximum atomic E-state index is 11.5. The first kappa shape index (κ1) is 17.9. The van der Waals surface area contributed by atoms with Gasteiger partial charge in [-0.1, -0.05) is 25.6 Å². The van der Waals surface area contributed by atoms with Gasteiger partial charge < -0.3 is 10.2 Å². The molecule has 0 radical (unpaired) electrons. The van der Waals surface area contributed by atoms with Crippen LogP contribution in [0.15, 0.2) is 46.2 Å². The van der Waals surface area contributed by atoms with Crippen molar-refractivity contribution in [1.82, 2.24) is 0 Å². The van der Waals surface area contributed by atoms with E-state index in [1.54, 1.807) is 24.3 Å². The first-order chi connectivity index (χ1) is 11.3. The van der Waals surface area contributed by atoms with Gasteiger partial charge in [-0.3, -0.25) is 9.59 Å². The lowest BCUT2D eigenvalue weighted by molar-refractivity contribution is -0.120. The zero-order chi connectivity index (χ0) is 17.9.